The van der Waals surface area contributed by atoms with Crippen molar-refractivity contribution in [2.45, 2.75) is 26.1 Å². The highest BCUT2D eigenvalue weighted by atomic mass is 35.5. The Morgan fingerprint density at radius 3 is 2.79 bits per heavy atom. The molecule has 3 rings (SSSR count). The van der Waals surface area contributed by atoms with E-state index in [4.69, 9.17) is 16.7 Å². The Balaban J connectivity index is 1.63. The molecule has 0 fully saturated rings. The number of hydrogen-bond donors (Lipinski definition) is 3. The highest BCUT2D eigenvalue weighted by molar-refractivity contribution is 6.30. The van der Waals surface area contributed by atoms with E-state index < -0.39 is 0 Å². The number of aliphatic hydroxyl groups excluding tert-OH is 1. The minimum absolute atomic E-state index is 0.0663. The van der Waals surface area contributed by atoms with Crippen LogP contribution in [0.2, 0.25) is 5.02 Å². The lowest BCUT2D eigenvalue weighted by molar-refractivity contribution is 0.244. The summed E-state index contributed by atoms with van der Waals surface area (Å²) in [7, 11) is 0. The van der Waals surface area contributed by atoms with Crippen LogP contribution in [0.25, 0.3) is 0 Å². The van der Waals surface area contributed by atoms with E-state index in [2.05, 4.69) is 15.3 Å². The lowest BCUT2D eigenvalue weighted by Gasteiger charge is -2.25. The largest absolute Gasteiger partial charge is 0.395 e. The highest BCUT2D eigenvalue weighted by Crippen LogP contribution is 2.18. The monoisotopic (exact) mass is 350 g/mol. The molecule has 0 aliphatic carbocycles. The Kier molecular flexibility index (Phi) is 5.73. The van der Waals surface area contributed by atoms with Gasteiger partial charge in [0.25, 0.3) is 5.56 Å². The molecule has 130 valence electrons. The molecule has 2 heterocycles. The Morgan fingerprint density at radius 1 is 1.25 bits per heavy atom. The number of nitrogens with one attached hydrogen (secondary N) is 2. The Morgan fingerprint density at radius 2 is 2.04 bits per heavy atom. The van der Waals surface area contributed by atoms with Crippen molar-refractivity contribution in [2.24, 2.45) is 0 Å². The number of rotatable bonds is 7. The molecule has 0 atom stereocenters. The summed E-state index contributed by atoms with van der Waals surface area (Å²) in [6, 6.07) is 7.85. The first-order chi connectivity index (χ1) is 11.7. The Bertz CT molecular complexity index is 723. The second-order valence-electron chi connectivity index (χ2n) is 6.09. The SMILES string of the molecule is O=c1c2c([nH]n1CCNCCO)CCN(Cc1ccc(Cl)cc1)C2. The van der Waals surface area contributed by atoms with Crippen LogP contribution in [-0.4, -0.2) is 46.0 Å². The van der Waals surface area contributed by atoms with E-state index in [9.17, 15) is 4.79 Å². The third-order valence-corrected chi connectivity index (χ3v) is 4.57. The van der Waals surface area contributed by atoms with E-state index in [1.165, 1.54) is 5.56 Å². The van der Waals surface area contributed by atoms with E-state index >= 15 is 0 Å². The number of aromatic amines is 1. The van der Waals surface area contributed by atoms with Crippen LogP contribution in [0.1, 0.15) is 16.8 Å². The summed E-state index contributed by atoms with van der Waals surface area (Å²) in [6.07, 6.45) is 0.856. The number of H-pyrrole nitrogens is 1. The summed E-state index contributed by atoms with van der Waals surface area (Å²) in [5.41, 5.74) is 3.19. The number of nitrogens with zero attached hydrogens (tertiary/aromatic N) is 2. The van der Waals surface area contributed by atoms with Gasteiger partial charge >= 0.3 is 0 Å². The molecule has 0 bridgehead atoms. The van der Waals surface area contributed by atoms with E-state index in [1.807, 2.05) is 24.3 Å². The van der Waals surface area contributed by atoms with E-state index in [-0.39, 0.29) is 12.2 Å². The average Bonchev–Trinajstić information content (AvgIpc) is 2.90. The van der Waals surface area contributed by atoms with Gasteiger partial charge in [-0.15, -0.1) is 0 Å². The van der Waals surface area contributed by atoms with Gasteiger partial charge in [0.2, 0.25) is 0 Å². The number of fused-ring (bicyclic) bond motifs is 1. The van der Waals surface area contributed by atoms with Gasteiger partial charge in [0.1, 0.15) is 0 Å². The van der Waals surface area contributed by atoms with Crippen molar-refractivity contribution < 1.29 is 5.11 Å². The fourth-order valence-corrected chi connectivity index (χ4v) is 3.18. The van der Waals surface area contributed by atoms with Gasteiger partial charge in [-0.2, -0.15) is 0 Å². The van der Waals surface area contributed by atoms with Crippen molar-refractivity contribution in [1.82, 2.24) is 20.0 Å². The van der Waals surface area contributed by atoms with Crippen molar-refractivity contribution in [3.8, 4) is 0 Å². The first-order valence-corrected chi connectivity index (χ1v) is 8.64. The number of benzene rings is 1. The van der Waals surface area contributed by atoms with Crippen LogP contribution in [0.15, 0.2) is 29.1 Å². The molecule has 2 aromatic rings. The number of aromatic nitrogens is 2. The van der Waals surface area contributed by atoms with Gasteiger partial charge in [0.05, 0.1) is 18.7 Å². The maximum atomic E-state index is 12.5. The number of halogens is 1. The molecular weight excluding hydrogens is 328 g/mol. The molecule has 1 aromatic heterocycles. The van der Waals surface area contributed by atoms with Crippen molar-refractivity contribution in [3.05, 3.63) is 56.5 Å². The summed E-state index contributed by atoms with van der Waals surface area (Å²) in [5.74, 6) is 0. The third kappa shape index (κ3) is 4.08. The van der Waals surface area contributed by atoms with Crippen LogP contribution in [0.4, 0.5) is 0 Å². The van der Waals surface area contributed by atoms with E-state index in [0.29, 0.717) is 26.2 Å². The fraction of sp³-hybridized carbons (Fsp3) is 0.471. The fourth-order valence-electron chi connectivity index (χ4n) is 3.05. The predicted octanol–water partition coefficient (Wildman–Crippen LogP) is 0.970. The van der Waals surface area contributed by atoms with Gasteiger partial charge in [-0.25, -0.2) is 0 Å². The molecule has 0 saturated carbocycles. The molecule has 6 nitrogen and oxygen atoms in total. The van der Waals surface area contributed by atoms with Crippen LogP contribution in [0.5, 0.6) is 0 Å². The minimum atomic E-state index is 0.0663. The quantitative estimate of drug-likeness (QED) is 0.651. The molecule has 0 amide bonds. The molecule has 3 N–H and O–H groups in total. The first kappa shape index (κ1) is 17.2. The Hall–Kier alpha value is -1.60. The zero-order valence-corrected chi connectivity index (χ0v) is 14.4. The number of aliphatic hydroxyl groups is 1. The summed E-state index contributed by atoms with van der Waals surface area (Å²) in [5, 5.41) is 15.8. The van der Waals surface area contributed by atoms with Crippen molar-refractivity contribution in [1.29, 1.82) is 0 Å². The second-order valence-corrected chi connectivity index (χ2v) is 6.52. The molecule has 7 heteroatoms. The van der Waals surface area contributed by atoms with Crippen LogP contribution in [0.3, 0.4) is 0 Å². The van der Waals surface area contributed by atoms with Gasteiger partial charge in [0.15, 0.2) is 0 Å². The van der Waals surface area contributed by atoms with Gasteiger partial charge in [0, 0.05) is 49.9 Å². The lowest BCUT2D eigenvalue weighted by atomic mass is 10.1. The van der Waals surface area contributed by atoms with Crippen LogP contribution >= 0.6 is 11.6 Å². The maximum Gasteiger partial charge on any atom is 0.271 e. The normalized spacial score (nSPS) is 14.8. The average molecular weight is 351 g/mol. The van der Waals surface area contributed by atoms with Crippen molar-refractivity contribution >= 4 is 11.6 Å². The van der Waals surface area contributed by atoms with Crippen LogP contribution in [0, 0.1) is 0 Å². The predicted molar refractivity (Wildman–Crippen MR) is 94.3 cm³/mol. The van der Waals surface area contributed by atoms with Gasteiger partial charge in [-0.3, -0.25) is 19.5 Å². The summed E-state index contributed by atoms with van der Waals surface area (Å²) in [6.45, 7) is 4.32. The van der Waals surface area contributed by atoms with Crippen molar-refractivity contribution in [3.63, 3.8) is 0 Å². The summed E-state index contributed by atoms with van der Waals surface area (Å²) >= 11 is 5.93. The summed E-state index contributed by atoms with van der Waals surface area (Å²) in [4.78, 5) is 14.8. The maximum absolute atomic E-state index is 12.5. The number of hydrogen-bond acceptors (Lipinski definition) is 4. The highest BCUT2D eigenvalue weighted by Gasteiger charge is 2.22. The van der Waals surface area contributed by atoms with Crippen LogP contribution in [-0.2, 0) is 26.1 Å². The zero-order valence-electron chi connectivity index (χ0n) is 13.6. The van der Waals surface area contributed by atoms with Crippen molar-refractivity contribution in [2.75, 3.05) is 26.2 Å². The van der Waals surface area contributed by atoms with E-state index in [0.717, 1.165) is 35.8 Å². The zero-order chi connectivity index (χ0) is 16.9. The molecule has 0 unspecified atom stereocenters. The van der Waals surface area contributed by atoms with Gasteiger partial charge in [-0.1, -0.05) is 23.7 Å². The first-order valence-electron chi connectivity index (χ1n) is 8.26. The molecule has 1 aliphatic rings. The smallest absolute Gasteiger partial charge is 0.271 e. The topological polar surface area (TPSA) is 73.3 Å². The second kappa shape index (κ2) is 7.98. The molecule has 0 saturated heterocycles. The minimum Gasteiger partial charge on any atom is -0.395 e. The molecule has 0 radical (unpaired) electrons. The molecule has 1 aromatic carbocycles. The molecule has 24 heavy (non-hydrogen) atoms. The van der Waals surface area contributed by atoms with Gasteiger partial charge in [-0.05, 0) is 17.7 Å². The molecule has 0 spiro atoms. The van der Waals surface area contributed by atoms with Gasteiger partial charge < -0.3 is 10.4 Å². The molecular formula is C17H23ClN4O2. The standard InChI is InChI=1S/C17H23ClN4O2/c18-14-3-1-13(2-4-14)11-21-8-5-16-15(12-21)17(24)22(20-16)9-6-19-7-10-23/h1-4,19-20,23H,5-12H2. The summed E-state index contributed by atoms with van der Waals surface area (Å²) < 4.78 is 1.67. The van der Waals surface area contributed by atoms with Crippen LogP contribution < -0.4 is 10.9 Å². The third-order valence-electron chi connectivity index (χ3n) is 4.32. The lowest BCUT2D eigenvalue weighted by Crippen LogP contribution is -2.33. The van der Waals surface area contributed by atoms with E-state index in [1.54, 1.807) is 4.68 Å². The Labute approximate surface area is 146 Å². The molecule has 1 aliphatic heterocycles.